The van der Waals surface area contributed by atoms with Gasteiger partial charge in [-0.1, -0.05) is 6.07 Å². The van der Waals surface area contributed by atoms with Gasteiger partial charge in [0.15, 0.2) is 0 Å². The summed E-state index contributed by atoms with van der Waals surface area (Å²) in [6.45, 7) is 0.488. The van der Waals surface area contributed by atoms with Gasteiger partial charge in [0.25, 0.3) is 0 Å². The minimum Gasteiger partial charge on any atom is -0.476 e. The van der Waals surface area contributed by atoms with Crippen LogP contribution in [0.15, 0.2) is 35.8 Å². The van der Waals surface area contributed by atoms with Gasteiger partial charge in [-0.05, 0) is 18.2 Å². The summed E-state index contributed by atoms with van der Waals surface area (Å²) >= 11 is 1.12. The van der Waals surface area contributed by atoms with E-state index in [1.165, 1.54) is 0 Å². The van der Waals surface area contributed by atoms with Gasteiger partial charge in [0.2, 0.25) is 5.01 Å². The average molecular weight is 283 g/mol. The van der Waals surface area contributed by atoms with Crippen molar-refractivity contribution in [3.8, 4) is 6.07 Å². The van der Waals surface area contributed by atoms with Crippen molar-refractivity contribution in [2.75, 3.05) is 0 Å². The number of hydrogen-bond donors (Lipinski definition) is 1. The van der Waals surface area contributed by atoms with Gasteiger partial charge in [0.1, 0.15) is 0 Å². The third-order valence-electron chi connectivity index (χ3n) is 3.00. The highest BCUT2D eigenvalue weighted by Gasteiger charge is 2.11. The topological polar surface area (TPSA) is 78.9 Å². The molecule has 0 aliphatic carbocycles. The van der Waals surface area contributed by atoms with Crippen LogP contribution in [0.25, 0.3) is 10.9 Å². The van der Waals surface area contributed by atoms with Crippen molar-refractivity contribution in [2.45, 2.75) is 6.54 Å². The van der Waals surface area contributed by atoms with Crippen molar-refractivity contribution < 1.29 is 9.90 Å². The zero-order valence-electron chi connectivity index (χ0n) is 10.3. The molecular weight excluding hydrogens is 274 g/mol. The number of aromatic carboxylic acids is 1. The second-order valence-corrected chi connectivity index (χ2v) is 5.10. The Kier molecular flexibility index (Phi) is 2.97. The molecule has 0 aliphatic heterocycles. The van der Waals surface area contributed by atoms with Crippen molar-refractivity contribution >= 4 is 28.2 Å². The first-order valence-corrected chi connectivity index (χ1v) is 6.72. The van der Waals surface area contributed by atoms with E-state index < -0.39 is 5.97 Å². The molecule has 5 nitrogen and oxygen atoms in total. The van der Waals surface area contributed by atoms with Crippen LogP contribution < -0.4 is 0 Å². The Balaban J connectivity index is 1.99. The first kappa shape index (κ1) is 12.4. The lowest BCUT2D eigenvalue weighted by Gasteiger charge is -2.03. The predicted molar refractivity (Wildman–Crippen MR) is 74.8 cm³/mol. The molecule has 2 heterocycles. The molecule has 0 saturated carbocycles. The number of fused-ring (bicyclic) bond motifs is 1. The van der Waals surface area contributed by atoms with E-state index in [-0.39, 0.29) is 5.01 Å². The molecule has 3 rings (SSSR count). The summed E-state index contributed by atoms with van der Waals surface area (Å²) in [5.41, 5.74) is 2.27. The molecule has 0 fully saturated rings. The first-order chi connectivity index (χ1) is 9.69. The molecule has 6 heteroatoms. The summed E-state index contributed by atoms with van der Waals surface area (Å²) in [5, 5.41) is 20.7. The van der Waals surface area contributed by atoms with Gasteiger partial charge >= 0.3 is 5.97 Å². The Hall–Kier alpha value is -2.65. The van der Waals surface area contributed by atoms with Crippen molar-refractivity contribution in [3.63, 3.8) is 0 Å². The summed E-state index contributed by atoms with van der Waals surface area (Å²) in [6.07, 6.45) is 1.88. The highest BCUT2D eigenvalue weighted by Crippen LogP contribution is 2.21. The Bertz CT molecular complexity index is 842. The Morgan fingerprint density at radius 1 is 1.45 bits per heavy atom. The molecule has 0 unspecified atom stereocenters. The normalized spacial score (nSPS) is 10.6. The van der Waals surface area contributed by atoms with Crippen molar-refractivity contribution in [2.24, 2.45) is 0 Å². The summed E-state index contributed by atoms with van der Waals surface area (Å²) in [5.74, 6) is -1.01. The molecule has 0 radical (unpaired) electrons. The Morgan fingerprint density at radius 2 is 2.30 bits per heavy atom. The molecule has 0 saturated heterocycles. The third kappa shape index (κ3) is 2.04. The minimum atomic E-state index is -1.01. The summed E-state index contributed by atoms with van der Waals surface area (Å²) in [7, 11) is 0. The number of rotatable bonds is 3. The van der Waals surface area contributed by atoms with Crippen molar-refractivity contribution in [1.29, 1.82) is 5.26 Å². The van der Waals surface area contributed by atoms with Crippen LogP contribution >= 0.6 is 11.3 Å². The molecular formula is C14H9N3O2S. The maximum Gasteiger partial charge on any atom is 0.365 e. The molecule has 0 bridgehead atoms. The van der Waals surface area contributed by atoms with E-state index in [1.807, 2.05) is 29.0 Å². The molecule has 1 N–H and O–H groups in total. The minimum absolute atomic E-state index is 0.0918. The van der Waals surface area contributed by atoms with Crippen molar-refractivity contribution in [3.05, 3.63) is 52.1 Å². The lowest BCUT2D eigenvalue weighted by Crippen LogP contribution is -2.00. The van der Waals surface area contributed by atoms with Crippen LogP contribution in [0.1, 0.15) is 21.1 Å². The largest absolute Gasteiger partial charge is 0.476 e. The Morgan fingerprint density at radius 3 is 3.00 bits per heavy atom. The lowest BCUT2D eigenvalue weighted by atomic mass is 10.1. The molecule has 0 amide bonds. The van der Waals surface area contributed by atoms with Gasteiger partial charge in [-0.25, -0.2) is 9.78 Å². The van der Waals surface area contributed by atoms with Crippen LogP contribution in [-0.2, 0) is 6.54 Å². The number of carboxylic acids is 1. The number of aromatic nitrogens is 2. The van der Waals surface area contributed by atoms with Crippen LogP contribution in [0.2, 0.25) is 0 Å². The SMILES string of the molecule is N#Cc1cccc2c1ccn2Cc1csc(C(=O)O)n1. The summed E-state index contributed by atoms with van der Waals surface area (Å²) < 4.78 is 1.96. The van der Waals surface area contributed by atoms with Gasteiger partial charge in [-0.3, -0.25) is 0 Å². The van der Waals surface area contributed by atoms with E-state index in [2.05, 4.69) is 11.1 Å². The summed E-state index contributed by atoms with van der Waals surface area (Å²) in [4.78, 5) is 14.9. The van der Waals surface area contributed by atoms with E-state index in [1.54, 1.807) is 11.4 Å². The van der Waals surface area contributed by atoms with Gasteiger partial charge in [-0.2, -0.15) is 5.26 Å². The van der Waals surface area contributed by atoms with Crippen LogP contribution in [0.4, 0.5) is 0 Å². The van der Waals surface area contributed by atoms with Crippen molar-refractivity contribution in [1.82, 2.24) is 9.55 Å². The first-order valence-electron chi connectivity index (χ1n) is 5.84. The molecule has 0 atom stereocenters. The van der Waals surface area contributed by atoms with Crippen LogP contribution in [0.5, 0.6) is 0 Å². The maximum absolute atomic E-state index is 10.8. The fourth-order valence-corrected chi connectivity index (χ4v) is 2.76. The second kappa shape index (κ2) is 4.79. The molecule has 0 aliphatic rings. The number of nitrogens with zero attached hydrogens (tertiary/aromatic N) is 3. The fraction of sp³-hybridized carbons (Fsp3) is 0.0714. The lowest BCUT2D eigenvalue weighted by molar-refractivity contribution is 0.0696. The van der Waals surface area contributed by atoms with Gasteiger partial charge < -0.3 is 9.67 Å². The summed E-state index contributed by atoms with van der Waals surface area (Å²) in [6, 6.07) is 9.59. The number of benzene rings is 1. The van der Waals surface area contributed by atoms with Crippen LogP contribution in [0.3, 0.4) is 0 Å². The molecule has 2 aromatic heterocycles. The fourth-order valence-electron chi connectivity index (χ4n) is 2.11. The highest BCUT2D eigenvalue weighted by molar-refractivity contribution is 7.11. The Labute approximate surface area is 118 Å². The average Bonchev–Trinajstić information content (AvgIpc) is 3.06. The van der Waals surface area contributed by atoms with Gasteiger partial charge in [0.05, 0.1) is 23.9 Å². The molecule has 20 heavy (non-hydrogen) atoms. The number of hydrogen-bond acceptors (Lipinski definition) is 4. The van der Waals surface area contributed by atoms with E-state index >= 15 is 0 Å². The number of carbonyl (C=O) groups is 1. The molecule has 1 aromatic carbocycles. The highest BCUT2D eigenvalue weighted by atomic mass is 32.1. The number of nitriles is 1. The van der Waals surface area contributed by atoms with E-state index in [0.29, 0.717) is 17.8 Å². The number of thiazole rings is 1. The van der Waals surface area contributed by atoms with E-state index in [4.69, 9.17) is 10.4 Å². The second-order valence-electron chi connectivity index (χ2n) is 4.24. The number of carboxylic acid groups (broad SMARTS) is 1. The smallest absolute Gasteiger partial charge is 0.365 e. The van der Waals surface area contributed by atoms with Gasteiger partial charge in [0, 0.05) is 22.5 Å². The van der Waals surface area contributed by atoms with E-state index in [9.17, 15) is 4.79 Å². The quantitative estimate of drug-likeness (QED) is 0.801. The molecule has 3 aromatic rings. The monoisotopic (exact) mass is 283 g/mol. The molecule has 98 valence electrons. The van der Waals surface area contributed by atoms with Crippen LogP contribution in [0, 0.1) is 11.3 Å². The van der Waals surface area contributed by atoms with Gasteiger partial charge in [-0.15, -0.1) is 11.3 Å². The third-order valence-corrected chi connectivity index (χ3v) is 3.88. The van der Waals surface area contributed by atoms with Crippen LogP contribution in [-0.4, -0.2) is 20.6 Å². The zero-order chi connectivity index (χ0) is 14.1. The maximum atomic E-state index is 10.8. The standard InChI is InChI=1S/C14H9N3O2S/c15-6-9-2-1-3-12-11(9)4-5-17(12)7-10-8-20-13(16-10)14(18)19/h1-5,8H,7H2,(H,18,19). The predicted octanol–water partition coefficient (Wildman–Crippen LogP) is 2.72. The van der Waals surface area contributed by atoms with E-state index in [0.717, 1.165) is 22.2 Å². The molecule has 0 spiro atoms. The zero-order valence-corrected chi connectivity index (χ0v) is 11.1.